The Morgan fingerprint density at radius 2 is 2.04 bits per heavy atom. The maximum absolute atomic E-state index is 12.1. The molecule has 3 heterocycles. The molecule has 2 saturated heterocycles. The van der Waals surface area contributed by atoms with Crippen LogP contribution < -0.4 is 5.32 Å². The fraction of sp³-hybridized carbons (Fsp3) is 0.643. The minimum absolute atomic E-state index is 0.0863. The summed E-state index contributed by atoms with van der Waals surface area (Å²) in [6.07, 6.45) is -0.886. The van der Waals surface area contributed by atoms with Crippen LogP contribution in [0.1, 0.15) is 17.0 Å². The molecule has 4 N–H and O–H groups in total. The Hall–Kier alpha value is -1.97. The standard InChI is InChI=1S/C13H19N3O4.CH2O2/c1-6-8(7(2)16-15-6)3-11(18)14-9-4-19-13-10(17)5-20-12(9)13;2-1-3/h9-10,12-13,17H,3-5H2,1-2H3,(H,14,18)(H,15,16);1H,(H,2,3)/t9-,10-,12-,13-;/m1./s1. The molecule has 4 atom stereocenters. The molecule has 0 saturated carbocycles. The zero-order valence-electron chi connectivity index (χ0n) is 13.0. The number of hydrogen-bond acceptors (Lipinski definition) is 6. The van der Waals surface area contributed by atoms with Gasteiger partial charge in [0, 0.05) is 11.3 Å². The molecule has 0 spiro atoms. The summed E-state index contributed by atoms with van der Waals surface area (Å²) in [4.78, 5) is 20.5. The van der Waals surface area contributed by atoms with Crippen LogP contribution in [0.3, 0.4) is 0 Å². The molecule has 0 aromatic carbocycles. The van der Waals surface area contributed by atoms with Crippen LogP contribution in [-0.4, -0.2) is 70.4 Å². The average molecular weight is 327 g/mol. The van der Waals surface area contributed by atoms with Crippen molar-refractivity contribution < 1.29 is 29.3 Å². The Labute approximate surface area is 133 Å². The number of nitrogens with zero attached hydrogens (tertiary/aromatic N) is 1. The van der Waals surface area contributed by atoms with Crippen LogP contribution in [0, 0.1) is 13.8 Å². The molecular weight excluding hydrogens is 306 g/mol. The summed E-state index contributed by atoms with van der Waals surface area (Å²) in [5, 5.41) is 26.4. The number of fused-ring (bicyclic) bond motifs is 1. The van der Waals surface area contributed by atoms with E-state index in [0.717, 1.165) is 17.0 Å². The normalized spacial score (nSPS) is 28.7. The number of ether oxygens (including phenoxy) is 2. The lowest BCUT2D eigenvalue weighted by atomic mass is 10.1. The number of aliphatic hydroxyl groups is 1. The zero-order valence-corrected chi connectivity index (χ0v) is 13.0. The van der Waals surface area contributed by atoms with Crippen molar-refractivity contribution in [2.75, 3.05) is 13.2 Å². The summed E-state index contributed by atoms with van der Waals surface area (Å²) in [6, 6.07) is -0.197. The van der Waals surface area contributed by atoms with Gasteiger partial charge in [0.05, 0.1) is 31.4 Å². The van der Waals surface area contributed by atoms with Crippen LogP contribution in [0.2, 0.25) is 0 Å². The van der Waals surface area contributed by atoms with Crippen molar-refractivity contribution in [3.63, 3.8) is 0 Å². The van der Waals surface area contributed by atoms with Crippen molar-refractivity contribution >= 4 is 12.4 Å². The number of carboxylic acid groups (broad SMARTS) is 1. The first-order valence-corrected chi connectivity index (χ1v) is 7.26. The first-order valence-electron chi connectivity index (χ1n) is 7.26. The molecule has 3 rings (SSSR count). The Morgan fingerprint density at radius 1 is 1.39 bits per heavy atom. The smallest absolute Gasteiger partial charge is 0.290 e. The molecule has 0 bridgehead atoms. The maximum atomic E-state index is 12.1. The molecule has 2 fully saturated rings. The van der Waals surface area contributed by atoms with E-state index >= 15 is 0 Å². The van der Waals surface area contributed by atoms with Crippen molar-refractivity contribution in [1.82, 2.24) is 15.5 Å². The highest BCUT2D eigenvalue weighted by molar-refractivity contribution is 5.79. The predicted octanol–water partition coefficient (Wildman–Crippen LogP) is -1.09. The molecule has 0 radical (unpaired) electrons. The summed E-state index contributed by atoms with van der Waals surface area (Å²) in [7, 11) is 0. The van der Waals surface area contributed by atoms with Gasteiger partial charge < -0.3 is 25.0 Å². The lowest BCUT2D eigenvalue weighted by Crippen LogP contribution is -2.44. The van der Waals surface area contributed by atoms with E-state index in [1.54, 1.807) is 0 Å². The lowest BCUT2D eigenvalue weighted by molar-refractivity contribution is -0.123. The maximum Gasteiger partial charge on any atom is 0.290 e. The van der Waals surface area contributed by atoms with E-state index < -0.39 is 6.10 Å². The molecule has 128 valence electrons. The van der Waals surface area contributed by atoms with E-state index in [0.29, 0.717) is 6.61 Å². The second kappa shape index (κ2) is 7.53. The van der Waals surface area contributed by atoms with Crippen molar-refractivity contribution in [3.8, 4) is 0 Å². The van der Waals surface area contributed by atoms with Gasteiger partial charge in [-0.15, -0.1) is 0 Å². The Bertz CT molecular complexity index is 541. The van der Waals surface area contributed by atoms with Crippen LogP contribution in [0.15, 0.2) is 0 Å². The number of aliphatic hydroxyl groups excluding tert-OH is 1. The van der Waals surface area contributed by atoms with Gasteiger partial charge in [0.25, 0.3) is 6.47 Å². The molecule has 2 aliphatic rings. The zero-order chi connectivity index (χ0) is 17.0. The van der Waals surface area contributed by atoms with Gasteiger partial charge in [-0.05, 0) is 13.8 Å². The van der Waals surface area contributed by atoms with Crippen molar-refractivity contribution in [3.05, 3.63) is 17.0 Å². The molecular formula is C14H21N3O6. The van der Waals surface area contributed by atoms with Gasteiger partial charge in [-0.25, -0.2) is 0 Å². The number of carbonyl (C=O) groups is 2. The fourth-order valence-electron chi connectivity index (χ4n) is 2.86. The number of H-pyrrole nitrogens is 1. The monoisotopic (exact) mass is 327 g/mol. The average Bonchev–Trinajstić information content (AvgIpc) is 3.15. The van der Waals surface area contributed by atoms with Gasteiger partial charge in [-0.1, -0.05) is 0 Å². The largest absolute Gasteiger partial charge is 0.483 e. The number of hydrogen-bond donors (Lipinski definition) is 4. The molecule has 1 amide bonds. The molecule has 9 heteroatoms. The van der Waals surface area contributed by atoms with E-state index in [1.165, 1.54) is 0 Å². The number of aromatic amines is 1. The third kappa shape index (κ3) is 3.87. The van der Waals surface area contributed by atoms with E-state index in [-0.39, 0.29) is 43.7 Å². The fourth-order valence-corrected chi connectivity index (χ4v) is 2.86. The number of aromatic nitrogens is 2. The van der Waals surface area contributed by atoms with E-state index in [1.807, 2.05) is 13.8 Å². The van der Waals surface area contributed by atoms with Crippen molar-refractivity contribution in [2.24, 2.45) is 0 Å². The van der Waals surface area contributed by atoms with Gasteiger partial charge in [0.2, 0.25) is 5.91 Å². The number of aryl methyl sites for hydroxylation is 2. The first-order chi connectivity index (χ1) is 11.0. The minimum Gasteiger partial charge on any atom is -0.483 e. The quantitative estimate of drug-likeness (QED) is 0.518. The van der Waals surface area contributed by atoms with Crippen molar-refractivity contribution in [1.29, 1.82) is 0 Å². The van der Waals surface area contributed by atoms with E-state index in [9.17, 15) is 9.90 Å². The summed E-state index contributed by atoms with van der Waals surface area (Å²) >= 11 is 0. The summed E-state index contributed by atoms with van der Waals surface area (Å²) < 4.78 is 11.0. The number of nitrogens with one attached hydrogen (secondary N) is 2. The second-order valence-electron chi connectivity index (χ2n) is 5.53. The lowest BCUT2D eigenvalue weighted by Gasteiger charge is -2.17. The predicted molar refractivity (Wildman–Crippen MR) is 77.9 cm³/mol. The van der Waals surface area contributed by atoms with Crippen LogP contribution >= 0.6 is 0 Å². The molecule has 1 aromatic heterocycles. The minimum atomic E-state index is -0.597. The highest BCUT2D eigenvalue weighted by Gasteiger charge is 2.47. The summed E-state index contributed by atoms with van der Waals surface area (Å²) in [6.45, 7) is 4.16. The molecule has 0 aliphatic carbocycles. The van der Waals surface area contributed by atoms with Gasteiger partial charge in [-0.2, -0.15) is 5.10 Å². The van der Waals surface area contributed by atoms with E-state index in [4.69, 9.17) is 19.4 Å². The van der Waals surface area contributed by atoms with Gasteiger partial charge in [0.1, 0.15) is 18.3 Å². The molecule has 1 aromatic rings. The van der Waals surface area contributed by atoms with E-state index in [2.05, 4.69) is 15.5 Å². The highest BCUT2D eigenvalue weighted by atomic mass is 16.6. The van der Waals surface area contributed by atoms with Gasteiger partial charge >= 0.3 is 0 Å². The van der Waals surface area contributed by atoms with Crippen LogP contribution in [0.25, 0.3) is 0 Å². The van der Waals surface area contributed by atoms with Crippen LogP contribution in [0.5, 0.6) is 0 Å². The summed E-state index contributed by atoms with van der Waals surface area (Å²) in [5.74, 6) is -0.0863. The first kappa shape index (κ1) is 17.4. The Kier molecular flexibility index (Phi) is 5.69. The molecule has 0 unspecified atom stereocenters. The highest BCUT2D eigenvalue weighted by Crippen LogP contribution is 2.27. The Balaban J connectivity index is 0.000000595. The van der Waals surface area contributed by atoms with Gasteiger partial charge in [-0.3, -0.25) is 14.7 Å². The third-order valence-electron chi connectivity index (χ3n) is 3.99. The second-order valence-corrected chi connectivity index (χ2v) is 5.53. The number of amides is 1. The SMILES string of the molecule is Cc1n[nH]c(C)c1CC(=O)N[C@@H]1CO[C@H]2[C@@H]1OC[C@H]2O.O=CO. The van der Waals surface area contributed by atoms with Gasteiger partial charge in [0.15, 0.2) is 0 Å². The molecule has 23 heavy (non-hydrogen) atoms. The summed E-state index contributed by atoms with van der Waals surface area (Å²) in [5.41, 5.74) is 2.67. The third-order valence-corrected chi connectivity index (χ3v) is 3.99. The topological polar surface area (TPSA) is 134 Å². The van der Waals surface area contributed by atoms with Crippen molar-refractivity contribution in [2.45, 2.75) is 44.6 Å². The number of carbonyl (C=O) groups excluding carboxylic acids is 1. The van der Waals surface area contributed by atoms with Crippen LogP contribution in [0.4, 0.5) is 0 Å². The number of rotatable bonds is 3. The Morgan fingerprint density at radius 3 is 2.65 bits per heavy atom. The molecule has 2 aliphatic heterocycles. The van der Waals surface area contributed by atoms with Crippen LogP contribution in [-0.2, 0) is 25.5 Å². The molecule has 9 nitrogen and oxygen atoms in total.